The van der Waals surface area contributed by atoms with Crippen LogP contribution in [0.1, 0.15) is 30.1 Å². The van der Waals surface area contributed by atoms with E-state index in [0.29, 0.717) is 16.7 Å². The molecule has 3 rings (SSSR count). The molecule has 0 radical (unpaired) electrons. The zero-order valence-electron chi connectivity index (χ0n) is 10.9. The van der Waals surface area contributed by atoms with Crippen molar-refractivity contribution >= 4 is 16.9 Å². The van der Waals surface area contributed by atoms with Crippen molar-refractivity contribution in [1.29, 1.82) is 0 Å². The number of Topliss-reactive ketones (excluding diaryl/α,β-unsaturated/α-hetero) is 1. The largest absolute Gasteiger partial charge is 0.419 e. The monoisotopic (exact) mass is 261 g/mol. The molecule has 1 aliphatic heterocycles. The number of ether oxygens (including phenoxy) is 1. The van der Waals surface area contributed by atoms with Gasteiger partial charge in [-0.2, -0.15) is 0 Å². The van der Waals surface area contributed by atoms with E-state index in [4.69, 9.17) is 9.15 Å². The maximum absolute atomic E-state index is 12.3. The molecule has 19 heavy (non-hydrogen) atoms. The van der Waals surface area contributed by atoms with Crippen LogP contribution in [0.4, 0.5) is 0 Å². The molecule has 1 aromatic heterocycles. The summed E-state index contributed by atoms with van der Waals surface area (Å²) in [5.74, 6) is -0.469. The third-order valence-corrected chi connectivity index (χ3v) is 3.60. The Kier molecular flexibility index (Phi) is 2.78. The van der Waals surface area contributed by atoms with Gasteiger partial charge in [-0.15, -0.1) is 0 Å². The highest BCUT2D eigenvalue weighted by atomic mass is 16.5. The van der Waals surface area contributed by atoms with Crippen LogP contribution in [0.3, 0.4) is 0 Å². The summed E-state index contributed by atoms with van der Waals surface area (Å²) in [6.07, 6.45) is 1.41. The molecule has 1 saturated heterocycles. The van der Waals surface area contributed by atoms with Crippen molar-refractivity contribution < 1.29 is 13.9 Å². The SMILES string of the molecule is CC1CCC(C(=O)c2ccc3c(c2)oc(=O)n3C)O1. The third kappa shape index (κ3) is 2.00. The van der Waals surface area contributed by atoms with Crippen molar-refractivity contribution in [3.8, 4) is 0 Å². The van der Waals surface area contributed by atoms with E-state index in [1.807, 2.05) is 6.92 Å². The van der Waals surface area contributed by atoms with Gasteiger partial charge < -0.3 is 9.15 Å². The Morgan fingerprint density at radius 1 is 1.37 bits per heavy atom. The van der Waals surface area contributed by atoms with Gasteiger partial charge in [0.1, 0.15) is 6.10 Å². The van der Waals surface area contributed by atoms with Crippen LogP contribution in [-0.2, 0) is 11.8 Å². The third-order valence-electron chi connectivity index (χ3n) is 3.60. The normalized spacial score (nSPS) is 23.1. The Bertz CT molecular complexity index is 697. The van der Waals surface area contributed by atoms with Crippen LogP contribution in [0.15, 0.2) is 27.4 Å². The topological polar surface area (TPSA) is 61.4 Å². The zero-order chi connectivity index (χ0) is 13.6. The summed E-state index contributed by atoms with van der Waals surface area (Å²) in [5, 5.41) is 0. The molecule has 0 bridgehead atoms. The van der Waals surface area contributed by atoms with Gasteiger partial charge in [0.25, 0.3) is 0 Å². The molecule has 5 nitrogen and oxygen atoms in total. The summed E-state index contributed by atoms with van der Waals surface area (Å²) in [7, 11) is 1.64. The zero-order valence-corrected chi connectivity index (χ0v) is 10.9. The molecule has 0 N–H and O–H groups in total. The Labute approximate surface area is 109 Å². The van der Waals surface area contributed by atoms with E-state index < -0.39 is 5.76 Å². The van der Waals surface area contributed by atoms with Crippen LogP contribution in [0.25, 0.3) is 11.1 Å². The van der Waals surface area contributed by atoms with Crippen molar-refractivity contribution in [3.63, 3.8) is 0 Å². The van der Waals surface area contributed by atoms with Gasteiger partial charge in [0, 0.05) is 12.6 Å². The minimum atomic E-state index is -0.426. The van der Waals surface area contributed by atoms with Crippen molar-refractivity contribution in [1.82, 2.24) is 4.57 Å². The van der Waals surface area contributed by atoms with Crippen LogP contribution in [0.2, 0.25) is 0 Å². The fourth-order valence-corrected chi connectivity index (χ4v) is 2.47. The van der Waals surface area contributed by atoms with Gasteiger partial charge in [0.05, 0.1) is 11.6 Å². The molecule has 1 aromatic carbocycles. The summed E-state index contributed by atoms with van der Waals surface area (Å²) in [5.41, 5.74) is 1.65. The van der Waals surface area contributed by atoms with Gasteiger partial charge in [-0.1, -0.05) is 0 Å². The molecule has 1 fully saturated rings. The number of hydrogen-bond acceptors (Lipinski definition) is 4. The number of carbonyl (C=O) groups excluding carboxylic acids is 1. The van der Waals surface area contributed by atoms with Crippen LogP contribution in [0, 0.1) is 0 Å². The molecule has 0 amide bonds. The lowest BCUT2D eigenvalue weighted by atomic mass is 10.0. The highest BCUT2D eigenvalue weighted by Crippen LogP contribution is 2.24. The van der Waals surface area contributed by atoms with E-state index in [-0.39, 0.29) is 18.0 Å². The fraction of sp³-hybridized carbons (Fsp3) is 0.429. The predicted octanol–water partition coefficient (Wildman–Crippen LogP) is 1.88. The van der Waals surface area contributed by atoms with Gasteiger partial charge in [-0.3, -0.25) is 9.36 Å². The average Bonchev–Trinajstić information content (AvgIpc) is 2.94. The highest BCUT2D eigenvalue weighted by molar-refractivity contribution is 6.01. The number of aromatic nitrogens is 1. The van der Waals surface area contributed by atoms with Gasteiger partial charge in [-0.05, 0) is 38.0 Å². The first-order valence-corrected chi connectivity index (χ1v) is 6.35. The Morgan fingerprint density at radius 3 is 2.84 bits per heavy atom. The molecule has 1 aliphatic rings. The quantitative estimate of drug-likeness (QED) is 0.774. The predicted molar refractivity (Wildman–Crippen MR) is 69.4 cm³/mol. The first-order valence-electron chi connectivity index (χ1n) is 6.35. The minimum absolute atomic E-state index is 0.0437. The molecule has 100 valence electrons. The molecular formula is C14H15NO4. The van der Waals surface area contributed by atoms with Crippen molar-refractivity contribution in [3.05, 3.63) is 34.3 Å². The van der Waals surface area contributed by atoms with Crippen LogP contribution in [0.5, 0.6) is 0 Å². The van der Waals surface area contributed by atoms with E-state index in [2.05, 4.69) is 0 Å². The van der Waals surface area contributed by atoms with Crippen molar-refractivity contribution in [2.24, 2.45) is 7.05 Å². The van der Waals surface area contributed by atoms with E-state index in [0.717, 1.165) is 12.8 Å². The number of rotatable bonds is 2. The second kappa shape index (κ2) is 4.35. The van der Waals surface area contributed by atoms with Gasteiger partial charge in [0.2, 0.25) is 0 Å². The standard InChI is InChI=1S/C14H15NO4/c1-8-3-6-11(18-8)13(16)9-4-5-10-12(7-9)19-14(17)15(10)2/h4-5,7-8,11H,3,6H2,1-2H3. The number of hydrogen-bond donors (Lipinski definition) is 0. The lowest BCUT2D eigenvalue weighted by Gasteiger charge is -2.09. The number of aryl methyl sites for hydroxylation is 1. The van der Waals surface area contributed by atoms with E-state index in [9.17, 15) is 9.59 Å². The van der Waals surface area contributed by atoms with Crippen LogP contribution < -0.4 is 5.76 Å². The molecule has 2 heterocycles. The summed E-state index contributed by atoms with van der Waals surface area (Å²) in [6.45, 7) is 1.96. The Hall–Kier alpha value is -1.88. The summed E-state index contributed by atoms with van der Waals surface area (Å²) < 4.78 is 12.1. The van der Waals surface area contributed by atoms with Crippen LogP contribution in [-0.4, -0.2) is 22.6 Å². The summed E-state index contributed by atoms with van der Waals surface area (Å²) >= 11 is 0. The van der Waals surface area contributed by atoms with Crippen molar-refractivity contribution in [2.45, 2.75) is 32.0 Å². The van der Waals surface area contributed by atoms with E-state index in [1.165, 1.54) is 4.57 Å². The van der Waals surface area contributed by atoms with Gasteiger partial charge in [-0.25, -0.2) is 4.79 Å². The van der Waals surface area contributed by atoms with Crippen LogP contribution >= 0.6 is 0 Å². The van der Waals surface area contributed by atoms with Crippen molar-refractivity contribution in [2.75, 3.05) is 0 Å². The van der Waals surface area contributed by atoms with E-state index >= 15 is 0 Å². The second-order valence-corrected chi connectivity index (χ2v) is 4.99. The second-order valence-electron chi connectivity index (χ2n) is 4.99. The van der Waals surface area contributed by atoms with E-state index in [1.54, 1.807) is 25.2 Å². The maximum Gasteiger partial charge on any atom is 0.419 e. The first kappa shape index (κ1) is 12.2. The smallest absolute Gasteiger partial charge is 0.408 e. The molecule has 2 aromatic rings. The van der Waals surface area contributed by atoms with Gasteiger partial charge >= 0.3 is 5.76 Å². The molecule has 5 heteroatoms. The van der Waals surface area contributed by atoms with Gasteiger partial charge in [0.15, 0.2) is 11.4 Å². The fourth-order valence-electron chi connectivity index (χ4n) is 2.47. The number of oxazole rings is 1. The highest BCUT2D eigenvalue weighted by Gasteiger charge is 2.29. The molecule has 0 aliphatic carbocycles. The lowest BCUT2D eigenvalue weighted by molar-refractivity contribution is 0.0433. The summed E-state index contributed by atoms with van der Waals surface area (Å²) in [4.78, 5) is 23.7. The number of carbonyl (C=O) groups is 1. The number of ketones is 1. The number of benzene rings is 1. The number of nitrogens with zero attached hydrogens (tertiary/aromatic N) is 1. The molecule has 2 unspecified atom stereocenters. The maximum atomic E-state index is 12.3. The molecule has 0 saturated carbocycles. The molecule has 2 atom stereocenters. The average molecular weight is 261 g/mol. The minimum Gasteiger partial charge on any atom is -0.408 e. The Balaban J connectivity index is 1.97. The number of fused-ring (bicyclic) bond motifs is 1. The summed E-state index contributed by atoms with van der Waals surface area (Å²) in [6, 6.07) is 5.06. The lowest BCUT2D eigenvalue weighted by Crippen LogP contribution is -2.20. The Morgan fingerprint density at radius 2 is 2.16 bits per heavy atom. The molecular weight excluding hydrogens is 246 g/mol. The molecule has 0 spiro atoms. The first-order chi connectivity index (χ1) is 9.06.